The molecular formula is C15H18ClNO3. The predicted molar refractivity (Wildman–Crippen MR) is 79.7 cm³/mol. The smallest absolute Gasteiger partial charge is 0.337 e. The summed E-state index contributed by atoms with van der Waals surface area (Å²) in [4.78, 5) is 10.9. The number of benzene rings is 1. The van der Waals surface area contributed by atoms with E-state index in [0.29, 0.717) is 17.1 Å². The SMILES string of the molecule is CC.Cc1cc(C(=O)O)cn1Cc1cc(Cl)ccc1O. The Labute approximate surface area is 123 Å². The fraction of sp³-hybridized carbons (Fsp3) is 0.267. The molecule has 0 aliphatic carbocycles. The number of carboxylic acids is 1. The molecule has 0 spiro atoms. The van der Waals surface area contributed by atoms with Gasteiger partial charge in [-0.3, -0.25) is 0 Å². The third-order valence-electron chi connectivity index (χ3n) is 2.74. The van der Waals surface area contributed by atoms with Crippen molar-refractivity contribution in [3.8, 4) is 5.75 Å². The van der Waals surface area contributed by atoms with Crippen LogP contribution >= 0.6 is 11.6 Å². The van der Waals surface area contributed by atoms with Gasteiger partial charge >= 0.3 is 5.97 Å². The molecular weight excluding hydrogens is 278 g/mol. The van der Waals surface area contributed by atoms with Gasteiger partial charge in [-0.25, -0.2) is 4.79 Å². The minimum Gasteiger partial charge on any atom is -0.508 e. The lowest BCUT2D eigenvalue weighted by atomic mass is 10.2. The molecule has 4 nitrogen and oxygen atoms in total. The summed E-state index contributed by atoms with van der Waals surface area (Å²) in [7, 11) is 0. The molecule has 2 aromatic rings. The van der Waals surface area contributed by atoms with Gasteiger partial charge < -0.3 is 14.8 Å². The molecule has 0 radical (unpaired) electrons. The van der Waals surface area contributed by atoms with Crippen molar-refractivity contribution in [1.82, 2.24) is 4.57 Å². The first-order valence-corrected chi connectivity index (χ1v) is 6.72. The van der Waals surface area contributed by atoms with E-state index in [9.17, 15) is 9.90 Å². The highest BCUT2D eigenvalue weighted by Gasteiger charge is 2.10. The lowest BCUT2D eigenvalue weighted by Gasteiger charge is -2.08. The van der Waals surface area contributed by atoms with Crippen LogP contribution in [0.5, 0.6) is 5.75 Å². The lowest BCUT2D eigenvalue weighted by molar-refractivity contribution is 0.0697. The largest absolute Gasteiger partial charge is 0.508 e. The van der Waals surface area contributed by atoms with Crippen LogP contribution in [0.1, 0.15) is 35.5 Å². The van der Waals surface area contributed by atoms with Crippen molar-refractivity contribution in [3.05, 3.63) is 52.3 Å². The topological polar surface area (TPSA) is 62.5 Å². The third-order valence-corrected chi connectivity index (χ3v) is 2.98. The van der Waals surface area contributed by atoms with E-state index in [-0.39, 0.29) is 11.3 Å². The minimum atomic E-state index is -0.966. The maximum atomic E-state index is 10.9. The van der Waals surface area contributed by atoms with Gasteiger partial charge in [0.2, 0.25) is 0 Å². The molecule has 1 aromatic carbocycles. The summed E-state index contributed by atoms with van der Waals surface area (Å²) < 4.78 is 1.76. The van der Waals surface area contributed by atoms with E-state index in [4.69, 9.17) is 16.7 Å². The highest BCUT2D eigenvalue weighted by atomic mass is 35.5. The maximum Gasteiger partial charge on any atom is 0.337 e. The first-order valence-electron chi connectivity index (χ1n) is 6.35. The quantitative estimate of drug-likeness (QED) is 0.902. The zero-order chi connectivity index (χ0) is 15.3. The van der Waals surface area contributed by atoms with Crippen molar-refractivity contribution in [1.29, 1.82) is 0 Å². The van der Waals surface area contributed by atoms with Crippen LogP contribution < -0.4 is 0 Å². The molecule has 0 atom stereocenters. The van der Waals surface area contributed by atoms with Gasteiger partial charge in [-0.05, 0) is 31.2 Å². The van der Waals surface area contributed by atoms with Crippen molar-refractivity contribution >= 4 is 17.6 Å². The van der Waals surface area contributed by atoms with Crippen LogP contribution in [0, 0.1) is 6.92 Å². The van der Waals surface area contributed by atoms with E-state index < -0.39 is 5.97 Å². The molecule has 0 unspecified atom stereocenters. The van der Waals surface area contributed by atoms with E-state index in [2.05, 4.69) is 0 Å². The predicted octanol–water partition coefficient (Wildman–Crippen LogP) is 3.93. The summed E-state index contributed by atoms with van der Waals surface area (Å²) in [5.74, 6) is -0.823. The zero-order valence-electron chi connectivity index (χ0n) is 11.7. The van der Waals surface area contributed by atoms with Gasteiger partial charge in [0, 0.05) is 22.5 Å². The van der Waals surface area contributed by atoms with Crippen molar-refractivity contribution in [2.45, 2.75) is 27.3 Å². The van der Waals surface area contributed by atoms with E-state index in [0.717, 1.165) is 5.69 Å². The summed E-state index contributed by atoms with van der Waals surface area (Å²) in [6.07, 6.45) is 1.54. The Bertz CT molecular complexity index is 605. The van der Waals surface area contributed by atoms with Crippen LogP contribution in [0.3, 0.4) is 0 Å². The van der Waals surface area contributed by atoms with Crippen molar-refractivity contribution in [3.63, 3.8) is 0 Å². The molecule has 2 N–H and O–H groups in total. The molecule has 0 aliphatic heterocycles. The molecule has 0 bridgehead atoms. The number of rotatable bonds is 3. The Balaban J connectivity index is 0.000000956. The first kappa shape index (κ1) is 16.1. The molecule has 0 saturated carbocycles. The molecule has 20 heavy (non-hydrogen) atoms. The van der Waals surface area contributed by atoms with Crippen LogP contribution in [0.4, 0.5) is 0 Å². The third kappa shape index (κ3) is 3.78. The monoisotopic (exact) mass is 295 g/mol. The average molecular weight is 296 g/mol. The van der Waals surface area contributed by atoms with Crippen molar-refractivity contribution < 1.29 is 15.0 Å². The summed E-state index contributed by atoms with van der Waals surface area (Å²) in [6.45, 7) is 6.19. The van der Waals surface area contributed by atoms with Gasteiger partial charge in [-0.2, -0.15) is 0 Å². The Hall–Kier alpha value is -1.94. The summed E-state index contributed by atoms with van der Waals surface area (Å²) in [6, 6.07) is 6.38. The second kappa shape index (κ2) is 7.01. The number of aromatic carboxylic acids is 1. The second-order valence-corrected chi connectivity index (χ2v) is 4.51. The van der Waals surface area contributed by atoms with Crippen molar-refractivity contribution in [2.24, 2.45) is 0 Å². The van der Waals surface area contributed by atoms with Crippen LogP contribution in [0.2, 0.25) is 5.02 Å². The van der Waals surface area contributed by atoms with Crippen molar-refractivity contribution in [2.75, 3.05) is 0 Å². The number of hydrogen-bond donors (Lipinski definition) is 2. The Morgan fingerprint density at radius 3 is 2.50 bits per heavy atom. The number of aromatic hydroxyl groups is 1. The number of nitrogens with zero attached hydrogens (tertiary/aromatic N) is 1. The number of hydrogen-bond acceptors (Lipinski definition) is 2. The standard InChI is InChI=1S/C13H12ClNO3.C2H6/c1-8-4-10(13(17)18)7-15(8)6-9-5-11(14)2-3-12(9)16;1-2/h2-5,7,16H,6H2,1H3,(H,17,18);1-2H3. The highest BCUT2D eigenvalue weighted by Crippen LogP contribution is 2.23. The Morgan fingerprint density at radius 2 is 1.95 bits per heavy atom. The van der Waals surface area contributed by atoms with Crippen LogP contribution in [-0.2, 0) is 6.54 Å². The number of phenolic OH excluding ortho intramolecular Hbond substituents is 1. The van der Waals surface area contributed by atoms with Gasteiger partial charge in [0.15, 0.2) is 0 Å². The van der Waals surface area contributed by atoms with E-state index in [1.165, 1.54) is 12.3 Å². The van der Waals surface area contributed by atoms with Gasteiger partial charge in [0.25, 0.3) is 0 Å². The summed E-state index contributed by atoms with van der Waals surface area (Å²) in [5, 5.41) is 19.2. The molecule has 0 fully saturated rings. The maximum absolute atomic E-state index is 10.9. The van der Waals surface area contributed by atoms with Gasteiger partial charge in [-0.1, -0.05) is 25.4 Å². The highest BCUT2D eigenvalue weighted by molar-refractivity contribution is 6.30. The normalized spacial score (nSPS) is 9.80. The zero-order valence-corrected chi connectivity index (χ0v) is 12.5. The number of aryl methyl sites for hydroxylation is 1. The van der Waals surface area contributed by atoms with Crippen LogP contribution in [-0.4, -0.2) is 20.7 Å². The van der Waals surface area contributed by atoms with Gasteiger partial charge in [-0.15, -0.1) is 0 Å². The number of carbonyl (C=O) groups is 1. The molecule has 108 valence electrons. The average Bonchev–Trinajstić information content (AvgIpc) is 2.78. The van der Waals surface area contributed by atoms with Gasteiger partial charge in [0.05, 0.1) is 12.1 Å². The number of halogens is 1. The fourth-order valence-electron chi connectivity index (χ4n) is 1.77. The molecule has 0 saturated heterocycles. The molecule has 0 aliphatic rings. The van der Waals surface area contributed by atoms with E-state index in [1.807, 2.05) is 20.8 Å². The van der Waals surface area contributed by atoms with Crippen LogP contribution in [0.15, 0.2) is 30.5 Å². The van der Waals surface area contributed by atoms with Crippen LogP contribution in [0.25, 0.3) is 0 Å². The molecule has 5 heteroatoms. The molecule has 0 amide bonds. The molecule has 1 heterocycles. The summed E-state index contributed by atoms with van der Waals surface area (Å²) in [5.41, 5.74) is 1.69. The van der Waals surface area contributed by atoms with E-state index >= 15 is 0 Å². The Morgan fingerprint density at radius 1 is 1.30 bits per heavy atom. The molecule has 1 aromatic heterocycles. The number of aromatic nitrogens is 1. The lowest BCUT2D eigenvalue weighted by Crippen LogP contribution is -2.01. The van der Waals surface area contributed by atoms with E-state index in [1.54, 1.807) is 22.8 Å². The Kier molecular flexibility index (Phi) is 5.65. The number of carboxylic acid groups (broad SMARTS) is 1. The van der Waals surface area contributed by atoms with Gasteiger partial charge in [0.1, 0.15) is 5.75 Å². The minimum absolute atomic E-state index is 0.143. The second-order valence-electron chi connectivity index (χ2n) is 4.08. The molecule has 2 rings (SSSR count). The fourth-order valence-corrected chi connectivity index (χ4v) is 1.96. The first-order chi connectivity index (χ1) is 9.47. The number of phenols is 1. The summed E-state index contributed by atoms with van der Waals surface area (Å²) >= 11 is 5.86.